The number of piperidine rings is 1. The number of ether oxygens (including phenoxy) is 1. The number of likely N-dealkylation sites (tertiary alicyclic amines) is 1. The lowest BCUT2D eigenvalue weighted by Gasteiger charge is -2.32. The Balaban J connectivity index is 1.33. The van der Waals surface area contributed by atoms with Crippen molar-refractivity contribution in [1.82, 2.24) is 24.8 Å². The summed E-state index contributed by atoms with van der Waals surface area (Å²) in [6.45, 7) is 5.62. The molecule has 0 aromatic carbocycles. The maximum absolute atomic E-state index is 5.09. The summed E-state index contributed by atoms with van der Waals surface area (Å²) >= 11 is 0. The minimum Gasteiger partial charge on any atom is -0.384 e. The molecule has 1 aliphatic rings. The van der Waals surface area contributed by atoms with Crippen molar-refractivity contribution in [2.75, 3.05) is 32.1 Å². The minimum absolute atomic E-state index is 0.446. The molecule has 162 valence electrons. The molecule has 0 bridgehead atoms. The van der Waals surface area contributed by atoms with Gasteiger partial charge in [-0.3, -0.25) is 9.88 Å². The lowest BCUT2D eigenvalue weighted by atomic mass is 9.94. The highest BCUT2D eigenvalue weighted by atomic mass is 16.5. The molecule has 1 N–H and O–H groups in total. The molecule has 0 saturated carbocycles. The van der Waals surface area contributed by atoms with Crippen LogP contribution in [0.4, 0.5) is 11.5 Å². The third-order valence-electron chi connectivity index (χ3n) is 5.57. The second-order valence-corrected chi connectivity index (χ2v) is 8.09. The highest BCUT2D eigenvalue weighted by Crippen LogP contribution is 2.27. The van der Waals surface area contributed by atoms with E-state index >= 15 is 0 Å². The average molecular weight is 419 g/mol. The number of aromatic nitrogens is 4. The molecular formula is C24H30N6O. The van der Waals surface area contributed by atoms with Crippen molar-refractivity contribution in [1.29, 1.82) is 0 Å². The van der Waals surface area contributed by atoms with Gasteiger partial charge in [0.2, 0.25) is 0 Å². The highest BCUT2D eigenvalue weighted by Gasteiger charge is 2.22. The zero-order valence-corrected chi connectivity index (χ0v) is 18.3. The zero-order chi connectivity index (χ0) is 21.5. The molecule has 3 aromatic heterocycles. The number of anilines is 2. The van der Waals surface area contributed by atoms with E-state index < -0.39 is 0 Å². The number of nitrogens with one attached hydrogen (secondary N) is 1. The van der Waals surface area contributed by atoms with E-state index in [-0.39, 0.29) is 0 Å². The van der Waals surface area contributed by atoms with Crippen LogP contribution in [0.3, 0.4) is 0 Å². The molecule has 7 heteroatoms. The van der Waals surface area contributed by atoms with Crippen LogP contribution in [0.1, 0.15) is 41.5 Å². The molecule has 1 fully saturated rings. The maximum Gasteiger partial charge on any atom is 0.130 e. The fourth-order valence-electron chi connectivity index (χ4n) is 3.97. The number of hydrogen-bond donors (Lipinski definition) is 1. The van der Waals surface area contributed by atoms with Gasteiger partial charge < -0.3 is 10.1 Å². The molecule has 0 spiro atoms. The van der Waals surface area contributed by atoms with Crippen LogP contribution in [-0.2, 0) is 17.7 Å². The van der Waals surface area contributed by atoms with E-state index in [1.165, 1.54) is 12.8 Å². The van der Waals surface area contributed by atoms with Crippen LogP contribution in [0, 0.1) is 6.92 Å². The molecule has 4 heterocycles. The molecule has 1 saturated heterocycles. The van der Waals surface area contributed by atoms with E-state index in [1.54, 1.807) is 7.11 Å². The minimum atomic E-state index is 0.446. The lowest BCUT2D eigenvalue weighted by Crippen LogP contribution is -2.34. The predicted molar refractivity (Wildman–Crippen MR) is 121 cm³/mol. The molecule has 31 heavy (non-hydrogen) atoms. The lowest BCUT2D eigenvalue weighted by molar-refractivity contribution is 0.197. The van der Waals surface area contributed by atoms with Crippen LogP contribution >= 0.6 is 0 Å². The molecular weight excluding hydrogens is 388 g/mol. The Bertz CT molecular complexity index is 961. The Morgan fingerprint density at radius 2 is 1.97 bits per heavy atom. The van der Waals surface area contributed by atoms with E-state index in [2.05, 4.69) is 37.3 Å². The largest absolute Gasteiger partial charge is 0.384 e. The van der Waals surface area contributed by atoms with Crippen LogP contribution < -0.4 is 5.32 Å². The smallest absolute Gasteiger partial charge is 0.130 e. The van der Waals surface area contributed by atoms with Gasteiger partial charge in [-0.1, -0.05) is 6.07 Å². The third-order valence-corrected chi connectivity index (χ3v) is 5.57. The number of methoxy groups -OCH3 is 1. The number of hydrogen-bond acceptors (Lipinski definition) is 7. The van der Waals surface area contributed by atoms with Gasteiger partial charge in [0.1, 0.15) is 11.6 Å². The standard InChI is InChI=1S/C24H30N6O/c1-18-5-3-7-24(28-18)29-21-8-9-22(25-15-21)20-6-4-11-30(17-20)16-19-13-26-23(27-14-19)10-12-31-2/h3,5,7-9,13-15,20H,4,6,10-12,16-17H2,1-2H3,(H,28,29). The van der Waals surface area contributed by atoms with Gasteiger partial charge in [-0.2, -0.15) is 0 Å². The predicted octanol–water partition coefficient (Wildman–Crippen LogP) is 3.89. The number of pyridine rings is 2. The Hall–Kier alpha value is -2.90. The second-order valence-electron chi connectivity index (χ2n) is 8.09. The molecule has 4 rings (SSSR count). The van der Waals surface area contributed by atoms with Gasteiger partial charge in [-0.05, 0) is 50.6 Å². The van der Waals surface area contributed by atoms with Crippen molar-refractivity contribution in [2.24, 2.45) is 0 Å². The van der Waals surface area contributed by atoms with Gasteiger partial charge in [-0.25, -0.2) is 15.0 Å². The summed E-state index contributed by atoms with van der Waals surface area (Å²) in [5.41, 5.74) is 4.26. The Morgan fingerprint density at radius 1 is 1.10 bits per heavy atom. The number of nitrogens with zero attached hydrogens (tertiary/aromatic N) is 5. The first-order chi connectivity index (χ1) is 15.2. The third kappa shape index (κ3) is 6.06. The van der Waals surface area contributed by atoms with Crippen molar-refractivity contribution in [3.8, 4) is 0 Å². The molecule has 3 aromatic rings. The molecule has 1 atom stereocenters. The van der Waals surface area contributed by atoms with Crippen LogP contribution in [-0.4, -0.2) is 51.6 Å². The summed E-state index contributed by atoms with van der Waals surface area (Å²) < 4.78 is 5.09. The Morgan fingerprint density at radius 3 is 2.71 bits per heavy atom. The van der Waals surface area contributed by atoms with Crippen molar-refractivity contribution >= 4 is 11.5 Å². The van der Waals surface area contributed by atoms with Gasteiger partial charge in [-0.15, -0.1) is 0 Å². The van der Waals surface area contributed by atoms with Gasteiger partial charge in [0.15, 0.2) is 0 Å². The Kier molecular flexibility index (Phi) is 7.17. The highest BCUT2D eigenvalue weighted by molar-refractivity contribution is 5.55. The molecule has 0 aliphatic carbocycles. The topological polar surface area (TPSA) is 76.1 Å². The van der Waals surface area contributed by atoms with E-state index in [9.17, 15) is 0 Å². The van der Waals surface area contributed by atoms with Gasteiger partial charge in [0.05, 0.1) is 18.5 Å². The quantitative estimate of drug-likeness (QED) is 0.595. The first-order valence-electron chi connectivity index (χ1n) is 10.9. The summed E-state index contributed by atoms with van der Waals surface area (Å²) in [7, 11) is 1.70. The van der Waals surface area contributed by atoms with Crippen molar-refractivity contribution in [2.45, 2.75) is 38.6 Å². The van der Waals surface area contributed by atoms with Gasteiger partial charge in [0.25, 0.3) is 0 Å². The van der Waals surface area contributed by atoms with E-state index in [4.69, 9.17) is 9.72 Å². The molecule has 0 radical (unpaired) electrons. The van der Waals surface area contributed by atoms with Gasteiger partial charge in [0, 0.05) is 61.9 Å². The van der Waals surface area contributed by atoms with Crippen LogP contribution in [0.25, 0.3) is 0 Å². The summed E-state index contributed by atoms with van der Waals surface area (Å²) in [5.74, 6) is 2.12. The van der Waals surface area contributed by atoms with E-state index in [1.807, 2.05) is 43.7 Å². The van der Waals surface area contributed by atoms with Crippen LogP contribution in [0.5, 0.6) is 0 Å². The first-order valence-corrected chi connectivity index (χ1v) is 10.9. The summed E-state index contributed by atoms with van der Waals surface area (Å²) in [4.78, 5) is 20.6. The summed E-state index contributed by atoms with van der Waals surface area (Å²) in [6.07, 6.45) is 8.89. The monoisotopic (exact) mass is 418 g/mol. The molecule has 1 aliphatic heterocycles. The van der Waals surface area contributed by atoms with Gasteiger partial charge >= 0.3 is 0 Å². The fourth-order valence-corrected chi connectivity index (χ4v) is 3.97. The SMILES string of the molecule is COCCc1ncc(CN2CCCC(c3ccc(Nc4cccc(C)n4)cn3)C2)cn1. The summed E-state index contributed by atoms with van der Waals surface area (Å²) in [5, 5.41) is 3.33. The van der Waals surface area contributed by atoms with Crippen molar-refractivity contribution < 1.29 is 4.74 Å². The maximum atomic E-state index is 5.09. The van der Waals surface area contributed by atoms with E-state index in [0.29, 0.717) is 12.5 Å². The second kappa shape index (κ2) is 10.4. The first kappa shape index (κ1) is 21.3. The van der Waals surface area contributed by atoms with Crippen molar-refractivity contribution in [3.05, 3.63) is 71.7 Å². The average Bonchev–Trinajstić information content (AvgIpc) is 2.79. The molecule has 1 unspecified atom stereocenters. The van der Waals surface area contributed by atoms with Crippen molar-refractivity contribution in [3.63, 3.8) is 0 Å². The number of rotatable bonds is 8. The van der Waals surface area contributed by atoms with Crippen LogP contribution in [0.2, 0.25) is 0 Å². The fraction of sp³-hybridized carbons (Fsp3) is 0.417. The zero-order valence-electron chi connectivity index (χ0n) is 18.3. The molecule has 0 amide bonds. The van der Waals surface area contributed by atoms with Crippen LogP contribution in [0.15, 0.2) is 48.9 Å². The molecule has 7 nitrogen and oxygen atoms in total. The van der Waals surface area contributed by atoms with E-state index in [0.717, 1.165) is 60.3 Å². The summed E-state index contributed by atoms with van der Waals surface area (Å²) in [6, 6.07) is 10.2. The Labute approximate surface area is 183 Å². The normalized spacial score (nSPS) is 16.9. The number of aryl methyl sites for hydroxylation is 1.